The number of nitrogens with zero attached hydrogens (tertiary/aromatic N) is 1. The van der Waals surface area contributed by atoms with E-state index in [1.807, 2.05) is 27.7 Å². The topological polar surface area (TPSA) is 46.6 Å². The molecule has 1 amide bonds. The Labute approximate surface area is 96.9 Å². The summed E-state index contributed by atoms with van der Waals surface area (Å²) in [5, 5.41) is 0. The van der Waals surface area contributed by atoms with Crippen LogP contribution in [0.15, 0.2) is 0 Å². The molecule has 1 fully saturated rings. The van der Waals surface area contributed by atoms with Gasteiger partial charge in [0, 0.05) is 18.5 Å². The average molecular weight is 227 g/mol. The van der Waals surface area contributed by atoms with Crippen molar-refractivity contribution in [2.24, 2.45) is 5.41 Å². The van der Waals surface area contributed by atoms with Crippen LogP contribution >= 0.6 is 0 Å². The minimum Gasteiger partial charge on any atom is -0.444 e. The zero-order valence-electron chi connectivity index (χ0n) is 10.7. The molecule has 1 aliphatic carbocycles. The highest BCUT2D eigenvalue weighted by molar-refractivity contribution is 5.71. The van der Waals surface area contributed by atoms with Crippen molar-refractivity contribution in [3.05, 3.63) is 0 Å². The molecule has 1 saturated carbocycles. The molecule has 92 valence electrons. The van der Waals surface area contributed by atoms with Gasteiger partial charge in [0.1, 0.15) is 11.9 Å². The highest BCUT2D eigenvalue weighted by Gasteiger charge is 2.50. The van der Waals surface area contributed by atoms with Crippen LogP contribution in [0.3, 0.4) is 0 Å². The first-order valence-corrected chi connectivity index (χ1v) is 5.64. The number of rotatable bonds is 3. The lowest BCUT2D eigenvalue weighted by atomic mass is 9.99. The van der Waals surface area contributed by atoms with E-state index in [2.05, 4.69) is 0 Å². The lowest BCUT2D eigenvalue weighted by Crippen LogP contribution is -2.44. The quantitative estimate of drug-likeness (QED) is 0.694. The third-order valence-electron chi connectivity index (χ3n) is 3.16. The molecule has 1 aliphatic rings. The standard InChI is InChI=1S/C12H21NO3/c1-9(12(8-14)6-7-12)13(5)10(15)16-11(2,3)4/h8-9H,6-7H2,1-5H3. The zero-order chi connectivity index (χ0) is 12.6. The van der Waals surface area contributed by atoms with Gasteiger partial charge in [0.05, 0.1) is 0 Å². The Kier molecular flexibility index (Phi) is 3.31. The minimum absolute atomic E-state index is 0.0974. The first-order valence-electron chi connectivity index (χ1n) is 5.64. The molecule has 4 heteroatoms. The second kappa shape index (κ2) is 4.07. The first-order chi connectivity index (χ1) is 7.22. The number of hydrogen-bond donors (Lipinski definition) is 0. The van der Waals surface area contributed by atoms with Crippen molar-refractivity contribution in [2.75, 3.05) is 7.05 Å². The second-order valence-electron chi connectivity index (χ2n) is 5.62. The third kappa shape index (κ3) is 2.74. The van der Waals surface area contributed by atoms with Crippen molar-refractivity contribution in [2.45, 2.75) is 52.2 Å². The maximum Gasteiger partial charge on any atom is 0.410 e. The molecule has 0 aromatic heterocycles. The molecule has 0 N–H and O–H groups in total. The molecule has 0 aliphatic heterocycles. The molecule has 0 aromatic carbocycles. The highest BCUT2D eigenvalue weighted by Crippen LogP contribution is 2.48. The summed E-state index contributed by atoms with van der Waals surface area (Å²) in [7, 11) is 1.68. The molecule has 1 unspecified atom stereocenters. The Morgan fingerprint density at radius 3 is 2.25 bits per heavy atom. The number of amides is 1. The third-order valence-corrected chi connectivity index (χ3v) is 3.16. The Morgan fingerprint density at radius 1 is 1.44 bits per heavy atom. The summed E-state index contributed by atoms with van der Waals surface area (Å²) in [6.07, 6.45) is 2.34. The van der Waals surface area contributed by atoms with Gasteiger partial charge < -0.3 is 14.4 Å². The maximum absolute atomic E-state index is 11.8. The van der Waals surface area contributed by atoms with Crippen molar-refractivity contribution >= 4 is 12.4 Å². The SMILES string of the molecule is CC(N(C)C(=O)OC(C)(C)C)C1(C=O)CC1. The summed E-state index contributed by atoms with van der Waals surface area (Å²) in [4.78, 5) is 24.3. The van der Waals surface area contributed by atoms with E-state index >= 15 is 0 Å². The molecular formula is C12H21NO3. The monoisotopic (exact) mass is 227 g/mol. The van der Waals surface area contributed by atoms with Gasteiger partial charge in [-0.05, 0) is 40.5 Å². The van der Waals surface area contributed by atoms with E-state index in [9.17, 15) is 9.59 Å². The lowest BCUT2D eigenvalue weighted by Gasteiger charge is -2.31. The van der Waals surface area contributed by atoms with Gasteiger partial charge in [0.15, 0.2) is 0 Å². The molecule has 0 radical (unpaired) electrons. The Balaban J connectivity index is 2.60. The molecular weight excluding hydrogens is 206 g/mol. The van der Waals surface area contributed by atoms with Crippen molar-refractivity contribution in [1.82, 2.24) is 4.90 Å². The summed E-state index contributed by atoms with van der Waals surface area (Å²) >= 11 is 0. The van der Waals surface area contributed by atoms with Crippen molar-refractivity contribution < 1.29 is 14.3 Å². The molecule has 4 nitrogen and oxygen atoms in total. The number of carbonyl (C=O) groups excluding carboxylic acids is 2. The summed E-state index contributed by atoms with van der Waals surface area (Å²) in [5.41, 5.74) is -0.825. The first kappa shape index (κ1) is 13.0. The summed E-state index contributed by atoms with van der Waals surface area (Å²) in [6, 6.07) is -0.0974. The summed E-state index contributed by atoms with van der Waals surface area (Å²) in [5.74, 6) is 0. The van der Waals surface area contributed by atoms with Crippen LogP contribution in [0.5, 0.6) is 0 Å². The van der Waals surface area contributed by atoms with Gasteiger partial charge in [-0.25, -0.2) is 4.79 Å². The smallest absolute Gasteiger partial charge is 0.410 e. The molecule has 1 atom stereocenters. The fraction of sp³-hybridized carbons (Fsp3) is 0.833. The molecule has 0 saturated heterocycles. The maximum atomic E-state index is 11.8. The van der Waals surface area contributed by atoms with Crippen LogP contribution in [0.4, 0.5) is 4.79 Å². The number of carbonyl (C=O) groups is 2. The lowest BCUT2D eigenvalue weighted by molar-refractivity contribution is -0.114. The fourth-order valence-electron chi connectivity index (χ4n) is 1.66. The largest absolute Gasteiger partial charge is 0.444 e. The highest BCUT2D eigenvalue weighted by atomic mass is 16.6. The normalized spacial score (nSPS) is 19.8. The van der Waals surface area contributed by atoms with Crippen LogP contribution < -0.4 is 0 Å². The number of ether oxygens (including phenoxy) is 1. The van der Waals surface area contributed by atoms with Gasteiger partial charge in [-0.1, -0.05) is 0 Å². The molecule has 0 bridgehead atoms. The van der Waals surface area contributed by atoms with Crippen LogP contribution in [0.25, 0.3) is 0 Å². The van der Waals surface area contributed by atoms with E-state index in [0.717, 1.165) is 19.1 Å². The Hall–Kier alpha value is -1.06. The van der Waals surface area contributed by atoms with E-state index in [0.29, 0.717) is 0 Å². The average Bonchev–Trinajstić information content (AvgIpc) is 2.93. The van der Waals surface area contributed by atoms with E-state index in [1.54, 1.807) is 7.05 Å². The Bertz CT molecular complexity index is 289. The Morgan fingerprint density at radius 2 is 1.94 bits per heavy atom. The molecule has 0 spiro atoms. The molecule has 1 rings (SSSR count). The second-order valence-corrected chi connectivity index (χ2v) is 5.62. The predicted molar refractivity (Wildman–Crippen MR) is 61.2 cm³/mol. The van der Waals surface area contributed by atoms with E-state index in [-0.39, 0.29) is 17.6 Å². The van der Waals surface area contributed by atoms with Gasteiger partial charge in [-0.3, -0.25) is 0 Å². The van der Waals surface area contributed by atoms with E-state index < -0.39 is 5.60 Å². The van der Waals surface area contributed by atoms with Crippen molar-refractivity contribution in [1.29, 1.82) is 0 Å². The van der Waals surface area contributed by atoms with E-state index in [4.69, 9.17) is 4.74 Å². The fourth-order valence-corrected chi connectivity index (χ4v) is 1.66. The number of hydrogen-bond acceptors (Lipinski definition) is 3. The number of aldehydes is 1. The van der Waals surface area contributed by atoms with Gasteiger partial charge >= 0.3 is 6.09 Å². The zero-order valence-corrected chi connectivity index (χ0v) is 10.7. The summed E-state index contributed by atoms with van der Waals surface area (Å²) in [6.45, 7) is 7.38. The van der Waals surface area contributed by atoms with Crippen LogP contribution in [0, 0.1) is 5.41 Å². The van der Waals surface area contributed by atoms with Crippen LogP contribution in [0.1, 0.15) is 40.5 Å². The van der Waals surface area contributed by atoms with Gasteiger partial charge in [-0.15, -0.1) is 0 Å². The van der Waals surface area contributed by atoms with E-state index in [1.165, 1.54) is 4.90 Å². The minimum atomic E-state index is -0.497. The summed E-state index contributed by atoms with van der Waals surface area (Å²) < 4.78 is 5.26. The molecule has 16 heavy (non-hydrogen) atoms. The van der Waals surface area contributed by atoms with Crippen LogP contribution in [0.2, 0.25) is 0 Å². The van der Waals surface area contributed by atoms with Gasteiger partial charge in [-0.2, -0.15) is 0 Å². The molecule has 0 heterocycles. The van der Waals surface area contributed by atoms with Crippen molar-refractivity contribution in [3.8, 4) is 0 Å². The van der Waals surface area contributed by atoms with Crippen LogP contribution in [-0.2, 0) is 9.53 Å². The van der Waals surface area contributed by atoms with Gasteiger partial charge in [0.2, 0.25) is 0 Å². The van der Waals surface area contributed by atoms with Crippen LogP contribution in [-0.4, -0.2) is 36.0 Å². The van der Waals surface area contributed by atoms with Crippen molar-refractivity contribution in [3.63, 3.8) is 0 Å². The predicted octanol–water partition coefficient (Wildman–Crippen LogP) is 2.22. The molecule has 0 aromatic rings. The van der Waals surface area contributed by atoms with Gasteiger partial charge in [0.25, 0.3) is 0 Å².